The molecule has 1 aromatic carbocycles. The van der Waals surface area contributed by atoms with E-state index in [1.165, 1.54) is 0 Å². The molecule has 0 fully saturated rings. The second-order valence-corrected chi connectivity index (χ2v) is 3.18. The molecule has 14 heavy (non-hydrogen) atoms. The maximum atomic E-state index is 11.0. The zero-order chi connectivity index (χ0) is 9.97. The predicted molar refractivity (Wildman–Crippen MR) is 54.7 cm³/mol. The fourth-order valence-corrected chi connectivity index (χ4v) is 1.24. The number of carbonyl (C=O) groups is 1. The molecule has 72 valence electrons. The van der Waals surface area contributed by atoms with Crippen molar-refractivity contribution in [3.63, 3.8) is 0 Å². The summed E-state index contributed by atoms with van der Waals surface area (Å²) in [6, 6.07) is 6.90. The van der Waals surface area contributed by atoms with Gasteiger partial charge in [-0.15, -0.1) is 0 Å². The number of carbonyl (C=O) groups excluding carboxylic acids is 1. The number of nitrogens with zero attached hydrogens (tertiary/aromatic N) is 1. The average Bonchev–Trinajstić information content (AvgIpc) is 2.19. The van der Waals surface area contributed by atoms with Crippen LogP contribution in [-0.2, 0) is 0 Å². The number of urea groups is 1. The molecule has 0 aliphatic carbocycles. The topological polar surface area (TPSA) is 44.4 Å². The van der Waals surface area contributed by atoms with Crippen molar-refractivity contribution in [1.29, 1.82) is 0 Å². The Labute approximate surface area is 86.1 Å². The van der Waals surface area contributed by atoms with E-state index in [1.807, 2.05) is 12.1 Å². The highest BCUT2D eigenvalue weighted by Gasteiger charge is 2.09. The number of amides is 2. The molecule has 0 aromatic heterocycles. The lowest BCUT2D eigenvalue weighted by Gasteiger charge is -2.24. The van der Waals surface area contributed by atoms with Crippen LogP contribution >= 0.6 is 11.6 Å². The van der Waals surface area contributed by atoms with Crippen molar-refractivity contribution in [2.75, 3.05) is 5.01 Å². The Morgan fingerprint density at radius 1 is 1.21 bits per heavy atom. The van der Waals surface area contributed by atoms with Gasteiger partial charge in [0.15, 0.2) is 0 Å². The van der Waals surface area contributed by atoms with E-state index < -0.39 is 0 Å². The van der Waals surface area contributed by atoms with Crippen LogP contribution in [0.3, 0.4) is 0 Å². The van der Waals surface area contributed by atoms with Gasteiger partial charge in [0.2, 0.25) is 0 Å². The number of halogens is 1. The Morgan fingerprint density at radius 2 is 1.93 bits per heavy atom. The Hall–Kier alpha value is -1.68. The molecule has 0 radical (unpaired) electrons. The van der Waals surface area contributed by atoms with Crippen LogP contribution in [-0.4, -0.2) is 6.03 Å². The minimum Gasteiger partial charge on any atom is -0.312 e. The lowest BCUT2D eigenvalue weighted by Crippen LogP contribution is -2.46. The third-order valence-corrected chi connectivity index (χ3v) is 2.02. The summed E-state index contributed by atoms with van der Waals surface area (Å²) >= 11 is 5.74. The lowest BCUT2D eigenvalue weighted by atomic mass is 10.3. The lowest BCUT2D eigenvalue weighted by molar-refractivity contribution is 0.243. The van der Waals surface area contributed by atoms with Crippen LogP contribution in [0, 0.1) is 0 Å². The highest BCUT2D eigenvalue weighted by molar-refractivity contribution is 6.30. The molecule has 0 bridgehead atoms. The van der Waals surface area contributed by atoms with Crippen LogP contribution in [0.15, 0.2) is 36.7 Å². The third-order valence-electron chi connectivity index (χ3n) is 1.76. The summed E-state index contributed by atoms with van der Waals surface area (Å²) in [5.74, 6) is 0. The number of rotatable bonds is 1. The molecule has 2 rings (SSSR count). The summed E-state index contributed by atoms with van der Waals surface area (Å²) in [4.78, 5) is 11.0. The summed E-state index contributed by atoms with van der Waals surface area (Å²) in [6.07, 6.45) is 3.28. The number of hydrogen-bond acceptors (Lipinski definition) is 2. The van der Waals surface area contributed by atoms with Gasteiger partial charge in [0.1, 0.15) is 0 Å². The summed E-state index contributed by atoms with van der Waals surface area (Å²) in [5.41, 5.74) is 3.45. The van der Waals surface area contributed by atoms with Crippen molar-refractivity contribution < 1.29 is 4.79 Å². The van der Waals surface area contributed by atoms with E-state index in [0.29, 0.717) is 5.02 Å². The second-order valence-electron chi connectivity index (χ2n) is 2.75. The monoisotopic (exact) mass is 209 g/mol. The average molecular weight is 210 g/mol. The van der Waals surface area contributed by atoms with Crippen molar-refractivity contribution in [3.8, 4) is 0 Å². The van der Waals surface area contributed by atoms with Gasteiger partial charge < -0.3 is 5.32 Å². The van der Waals surface area contributed by atoms with E-state index in [4.69, 9.17) is 11.6 Å². The summed E-state index contributed by atoms with van der Waals surface area (Å²) in [7, 11) is 0. The molecule has 5 heteroatoms. The standard InChI is InChI=1S/C9H8ClN3O/c10-7-1-3-8(4-2-7)13-6-5-11-9(14)12-13/h1-6H,(H2,11,12,14). The zero-order valence-corrected chi connectivity index (χ0v) is 7.95. The Morgan fingerprint density at radius 3 is 2.57 bits per heavy atom. The molecule has 0 saturated carbocycles. The quantitative estimate of drug-likeness (QED) is 0.742. The van der Waals surface area contributed by atoms with E-state index in [1.54, 1.807) is 29.5 Å². The van der Waals surface area contributed by atoms with E-state index in [2.05, 4.69) is 10.7 Å². The van der Waals surface area contributed by atoms with Crippen LogP contribution in [0.2, 0.25) is 5.02 Å². The maximum absolute atomic E-state index is 11.0. The van der Waals surface area contributed by atoms with Crippen molar-refractivity contribution >= 4 is 23.3 Å². The van der Waals surface area contributed by atoms with Crippen molar-refractivity contribution in [3.05, 3.63) is 41.7 Å². The van der Waals surface area contributed by atoms with Crippen molar-refractivity contribution in [2.24, 2.45) is 0 Å². The molecule has 1 aliphatic rings. The van der Waals surface area contributed by atoms with Gasteiger partial charge in [-0.1, -0.05) is 11.6 Å². The molecule has 4 nitrogen and oxygen atoms in total. The molecule has 0 unspecified atom stereocenters. The van der Waals surface area contributed by atoms with Gasteiger partial charge in [-0.25, -0.2) is 10.2 Å². The molecule has 0 saturated heterocycles. The highest BCUT2D eigenvalue weighted by Crippen LogP contribution is 2.17. The number of nitrogens with one attached hydrogen (secondary N) is 2. The first-order valence-corrected chi connectivity index (χ1v) is 4.42. The van der Waals surface area contributed by atoms with Gasteiger partial charge in [0, 0.05) is 17.4 Å². The van der Waals surface area contributed by atoms with Crippen LogP contribution in [0.5, 0.6) is 0 Å². The molecular formula is C9H8ClN3O. The Balaban J connectivity index is 2.22. The van der Waals surface area contributed by atoms with Gasteiger partial charge in [-0.05, 0) is 24.3 Å². The van der Waals surface area contributed by atoms with Crippen LogP contribution in [0.1, 0.15) is 0 Å². The number of benzene rings is 1. The molecule has 2 N–H and O–H groups in total. The summed E-state index contributed by atoms with van der Waals surface area (Å²) in [5, 5.41) is 4.77. The first kappa shape index (κ1) is 8.90. The fraction of sp³-hybridized carbons (Fsp3) is 0. The molecule has 1 aromatic rings. The zero-order valence-electron chi connectivity index (χ0n) is 7.20. The van der Waals surface area contributed by atoms with E-state index in [9.17, 15) is 4.79 Å². The number of anilines is 1. The summed E-state index contributed by atoms with van der Waals surface area (Å²) < 4.78 is 0. The summed E-state index contributed by atoms with van der Waals surface area (Å²) in [6.45, 7) is 0. The molecule has 1 heterocycles. The highest BCUT2D eigenvalue weighted by atomic mass is 35.5. The van der Waals surface area contributed by atoms with Crippen LogP contribution in [0.4, 0.5) is 10.5 Å². The fourth-order valence-electron chi connectivity index (χ4n) is 1.12. The van der Waals surface area contributed by atoms with Gasteiger partial charge >= 0.3 is 6.03 Å². The van der Waals surface area contributed by atoms with E-state index >= 15 is 0 Å². The SMILES string of the molecule is O=C1NC=CN(c2ccc(Cl)cc2)N1. The predicted octanol–water partition coefficient (Wildman–Crippen LogP) is 1.85. The number of hydrazine groups is 1. The molecule has 2 amide bonds. The first-order chi connectivity index (χ1) is 6.75. The maximum Gasteiger partial charge on any atom is 0.337 e. The van der Waals surface area contributed by atoms with Gasteiger partial charge in [0.25, 0.3) is 0 Å². The van der Waals surface area contributed by atoms with Gasteiger partial charge in [-0.2, -0.15) is 0 Å². The van der Waals surface area contributed by atoms with E-state index in [-0.39, 0.29) is 6.03 Å². The minimum atomic E-state index is -0.262. The number of hydrogen-bond donors (Lipinski definition) is 2. The molecule has 1 aliphatic heterocycles. The first-order valence-electron chi connectivity index (χ1n) is 4.04. The third kappa shape index (κ3) is 1.80. The largest absolute Gasteiger partial charge is 0.337 e. The van der Waals surface area contributed by atoms with E-state index in [0.717, 1.165) is 5.69 Å². The molecule has 0 spiro atoms. The van der Waals surface area contributed by atoms with Crippen LogP contribution in [0.25, 0.3) is 0 Å². The van der Waals surface area contributed by atoms with Gasteiger partial charge in [-0.3, -0.25) is 5.01 Å². The van der Waals surface area contributed by atoms with Crippen LogP contribution < -0.4 is 15.8 Å². The minimum absolute atomic E-state index is 0.262. The Bertz CT molecular complexity index is 374. The van der Waals surface area contributed by atoms with Crippen molar-refractivity contribution in [2.45, 2.75) is 0 Å². The normalized spacial score (nSPS) is 14.9. The molecule has 0 atom stereocenters. The smallest absolute Gasteiger partial charge is 0.312 e. The van der Waals surface area contributed by atoms with Crippen molar-refractivity contribution in [1.82, 2.24) is 10.7 Å². The Kier molecular flexibility index (Phi) is 2.28. The van der Waals surface area contributed by atoms with Gasteiger partial charge in [0.05, 0.1) is 5.69 Å². The molecular weight excluding hydrogens is 202 g/mol. The second kappa shape index (κ2) is 3.59.